The van der Waals surface area contributed by atoms with E-state index in [-0.39, 0.29) is 77.1 Å². The number of H-pyrrole nitrogens is 2. The van der Waals surface area contributed by atoms with E-state index in [4.69, 9.17) is 34.4 Å². The van der Waals surface area contributed by atoms with Crippen molar-refractivity contribution in [3.63, 3.8) is 0 Å². The average molecular weight is 1450 g/mol. The number of aliphatic carboxylic acids is 1. The van der Waals surface area contributed by atoms with Crippen LogP contribution in [0.4, 0.5) is 0 Å². The zero-order valence-electron chi connectivity index (χ0n) is 69.8. The SMILES string of the molecule is CC(=O)C(CCCCN)N(C(C)C)C(C)C.CC(=O)C(Cc1cnc[nH]1)N(C(C)C)C(C)C.CC(=O)CC(CCCN)N(C(C)C)C(C)C.CC(=O)CC(CCN=C(N)N)N(C(C)C)C(C)C.CC(=O)CC(c1cnc[nH]1)N(C(C)C)C(C)C.CC(C)N(C(C)C)C(CCCN=C(N)N)C(=O)O. The van der Waals surface area contributed by atoms with Crippen LogP contribution >= 0.6 is 0 Å². The van der Waals surface area contributed by atoms with Crippen LogP contribution in [0.2, 0.25) is 0 Å². The number of carbonyl (C=O) groups is 6. The van der Waals surface area contributed by atoms with E-state index in [1.165, 1.54) is 0 Å². The number of hydrogen-bond acceptors (Lipinski definition) is 18. The van der Waals surface area contributed by atoms with Crippen molar-refractivity contribution >= 4 is 46.8 Å². The number of hydrogen-bond donors (Lipinski definition) is 9. The van der Waals surface area contributed by atoms with E-state index in [0.717, 1.165) is 49.9 Å². The lowest BCUT2D eigenvalue weighted by molar-refractivity contribution is -0.145. The first-order valence-corrected chi connectivity index (χ1v) is 38.0. The number of carbonyl (C=O) groups excluding carboxylic acids is 5. The fourth-order valence-electron chi connectivity index (χ4n) is 14.3. The molecule has 2 aromatic heterocycles. The maximum atomic E-state index is 11.8. The molecular weight excluding hydrogens is 1290 g/mol. The average Bonchev–Trinajstić information content (AvgIpc) is 1.56. The van der Waals surface area contributed by atoms with E-state index < -0.39 is 12.0 Å². The maximum absolute atomic E-state index is 11.8. The molecule has 6 atom stereocenters. The first-order valence-electron chi connectivity index (χ1n) is 38.0. The van der Waals surface area contributed by atoms with E-state index in [2.05, 4.69) is 193 Å². The maximum Gasteiger partial charge on any atom is 0.320 e. The number of ketones is 5. The van der Waals surface area contributed by atoms with E-state index in [1.807, 2.05) is 38.8 Å². The quantitative estimate of drug-likeness (QED) is 0.0169. The number of nitrogens with zero attached hydrogens (tertiary/aromatic N) is 10. The Balaban J connectivity index is -0.000000565. The van der Waals surface area contributed by atoms with Crippen LogP contribution in [0.1, 0.15) is 289 Å². The van der Waals surface area contributed by atoms with Gasteiger partial charge in [0.25, 0.3) is 0 Å². The summed E-state index contributed by atoms with van der Waals surface area (Å²) in [5.74, 6) is 0.535. The number of carboxylic acid groups (broad SMARTS) is 1. The fraction of sp³-hybridized carbons (Fsp3) is 0.818. The fourth-order valence-corrected chi connectivity index (χ4v) is 14.3. The van der Waals surface area contributed by atoms with Gasteiger partial charge in [-0.25, -0.2) is 9.97 Å². The minimum atomic E-state index is -0.790. The number of aromatic nitrogens is 4. The summed E-state index contributed by atoms with van der Waals surface area (Å²) in [4.78, 5) is 105. The van der Waals surface area contributed by atoms with Crippen LogP contribution in [0.25, 0.3) is 0 Å². The number of Topliss-reactive ketones (excluding diaryl/α,β-unsaturated/α-hetero) is 5. The van der Waals surface area contributed by atoms with Crippen LogP contribution in [-0.2, 0) is 35.2 Å². The molecule has 0 amide bonds. The summed E-state index contributed by atoms with van der Waals surface area (Å²) in [7, 11) is 0. The van der Waals surface area contributed by atoms with E-state index in [1.54, 1.807) is 53.5 Å². The van der Waals surface area contributed by atoms with E-state index >= 15 is 0 Å². The minimum absolute atomic E-state index is 0.0476. The third-order valence-electron chi connectivity index (χ3n) is 17.4. The van der Waals surface area contributed by atoms with Gasteiger partial charge in [0, 0.05) is 141 Å². The van der Waals surface area contributed by atoms with Gasteiger partial charge < -0.3 is 49.5 Å². The second kappa shape index (κ2) is 56.8. The molecule has 596 valence electrons. The molecule has 0 saturated heterocycles. The summed E-state index contributed by atoms with van der Waals surface area (Å²) < 4.78 is 0. The summed E-state index contributed by atoms with van der Waals surface area (Å²) in [6.07, 6.45) is 16.3. The summed E-state index contributed by atoms with van der Waals surface area (Å²) in [6.45, 7) is 61.9. The Morgan fingerprint density at radius 1 is 0.402 bits per heavy atom. The van der Waals surface area contributed by atoms with Gasteiger partial charge in [0.15, 0.2) is 11.9 Å². The molecule has 2 aromatic rings. The van der Waals surface area contributed by atoms with Crippen LogP contribution in [0, 0.1) is 0 Å². The lowest BCUT2D eigenvalue weighted by Crippen LogP contribution is -2.49. The smallest absolute Gasteiger partial charge is 0.320 e. The lowest BCUT2D eigenvalue weighted by Gasteiger charge is -2.38. The molecule has 102 heavy (non-hydrogen) atoms. The number of nitrogens with one attached hydrogen (secondary N) is 2. The van der Waals surface area contributed by atoms with Gasteiger partial charge in [-0.05, 0) is 259 Å². The van der Waals surface area contributed by atoms with Gasteiger partial charge in [-0.15, -0.1) is 0 Å². The Bertz CT molecular complexity index is 2490. The number of unbranched alkanes of at least 4 members (excludes halogenated alkanes) is 1. The van der Waals surface area contributed by atoms with Gasteiger partial charge in [0.2, 0.25) is 0 Å². The van der Waals surface area contributed by atoms with Gasteiger partial charge in [-0.3, -0.25) is 68.2 Å². The van der Waals surface area contributed by atoms with Gasteiger partial charge >= 0.3 is 5.97 Å². The number of aliphatic imine (C=N–C) groups is 2. The molecule has 0 saturated carbocycles. The Kier molecular flexibility index (Phi) is 57.3. The van der Waals surface area contributed by atoms with E-state index in [9.17, 15) is 33.9 Å². The van der Waals surface area contributed by atoms with Gasteiger partial charge in [0.1, 0.15) is 35.0 Å². The van der Waals surface area contributed by atoms with Crippen molar-refractivity contribution in [3.05, 3.63) is 36.4 Å². The van der Waals surface area contributed by atoms with Crippen LogP contribution in [-0.4, -0.2) is 230 Å². The zero-order chi connectivity index (χ0) is 80.0. The lowest BCUT2D eigenvalue weighted by atomic mass is 10.0. The number of nitrogens with two attached hydrogens (primary N) is 6. The molecule has 0 fully saturated rings. The summed E-state index contributed by atoms with van der Waals surface area (Å²) in [5, 5.41) is 9.32. The third kappa shape index (κ3) is 45.6. The largest absolute Gasteiger partial charge is 0.480 e. The normalized spacial score (nSPS) is 13.5. The topological polar surface area (TPSA) is 380 Å². The molecule has 0 aliphatic rings. The summed E-state index contributed by atoms with van der Waals surface area (Å²) in [5.41, 5.74) is 34.2. The van der Waals surface area contributed by atoms with Crippen molar-refractivity contribution in [1.29, 1.82) is 0 Å². The van der Waals surface area contributed by atoms with Crippen LogP contribution in [0.5, 0.6) is 0 Å². The summed E-state index contributed by atoms with van der Waals surface area (Å²) in [6, 6.07) is 4.57. The molecule has 6 unspecified atom stereocenters. The van der Waals surface area contributed by atoms with Gasteiger partial charge in [-0.1, -0.05) is 6.42 Å². The number of guanidine groups is 2. The molecule has 0 aromatic carbocycles. The highest BCUT2D eigenvalue weighted by Gasteiger charge is 2.32. The van der Waals surface area contributed by atoms with Crippen LogP contribution in [0.3, 0.4) is 0 Å². The molecule has 0 aliphatic heterocycles. The second-order valence-electron chi connectivity index (χ2n) is 30.5. The van der Waals surface area contributed by atoms with Crippen molar-refractivity contribution in [3.8, 4) is 0 Å². The van der Waals surface area contributed by atoms with Crippen molar-refractivity contribution in [2.75, 3.05) is 26.2 Å². The molecule has 0 spiro atoms. The van der Waals surface area contributed by atoms with Crippen molar-refractivity contribution in [1.82, 2.24) is 49.3 Å². The van der Waals surface area contributed by atoms with Crippen LogP contribution in [0.15, 0.2) is 35.0 Å². The van der Waals surface area contributed by atoms with Gasteiger partial charge in [-0.2, -0.15) is 0 Å². The van der Waals surface area contributed by atoms with Crippen molar-refractivity contribution in [2.45, 2.75) is 387 Å². The van der Waals surface area contributed by atoms with Crippen molar-refractivity contribution in [2.24, 2.45) is 44.4 Å². The number of aromatic amines is 2. The monoisotopic (exact) mass is 1450 g/mol. The Hall–Kier alpha value is -5.54. The second-order valence-corrected chi connectivity index (χ2v) is 30.5. The minimum Gasteiger partial charge on any atom is -0.480 e. The molecule has 25 nitrogen and oxygen atoms in total. The van der Waals surface area contributed by atoms with E-state index in [0.29, 0.717) is 131 Å². The first kappa shape index (κ1) is 103. The molecule has 15 N–H and O–H groups in total. The predicted molar refractivity (Wildman–Crippen MR) is 427 cm³/mol. The number of carboxylic acids is 1. The molecular formula is C77H156N18O7. The zero-order valence-corrected chi connectivity index (χ0v) is 69.8. The summed E-state index contributed by atoms with van der Waals surface area (Å²) >= 11 is 0. The molecule has 0 radical (unpaired) electrons. The highest BCUT2D eigenvalue weighted by atomic mass is 16.4. The Morgan fingerprint density at radius 3 is 1.06 bits per heavy atom. The molecule has 0 aliphatic carbocycles. The highest BCUT2D eigenvalue weighted by molar-refractivity contribution is 5.82. The van der Waals surface area contributed by atoms with Crippen molar-refractivity contribution < 1.29 is 33.9 Å². The Labute approximate surface area is 620 Å². The van der Waals surface area contributed by atoms with Gasteiger partial charge in [0.05, 0.1) is 36.5 Å². The third-order valence-corrected chi connectivity index (χ3v) is 17.4. The predicted octanol–water partition coefficient (Wildman–Crippen LogP) is 10.7. The first-order chi connectivity index (χ1) is 47.2. The highest BCUT2D eigenvalue weighted by Crippen LogP contribution is 2.28. The molecule has 0 bridgehead atoms. The molecule has 2 rings (SSSR count). The number of rotatable bonds is 44. The molecule has 25 heteroatoms. The standard InChI is InChI=1S/C13H28N4O.2C13H23N3O.2C13H28N2O.C12H26N4O2/c1-9(2)17(10(3)4)12(8-11(5)18)6-7-16-13(14)15;1-9(2)16(10(3)4)13(11(5)17)6-12-7-14-8-15-12;1-9(2)16(10(3)4)13(6-11(5)17)12-7-14-8-15-12;1-10(2)15(11(3)4)13(7-6-8-14)9-12(5)16;1-10(2)15(11(3)4)13(12(5)16)8-6-7-9-14;1-8(2)16(9(3)4)10(11(17)18)6-5-7-15-12(13)14/h9-10,12H,6-8H2,1-5H3,(H4,14,15,16);2*7-10,13H,6H2,1-5H3,(H,14,15);2*10-11,13H,6-9,14H2,1-5H3;8-10H,5-7H2,1-4H3,(H,17,18)(H4,13,14,15). The number of imidazole rings is 2. The Morgan fingerprint density at radius 2 is 0.745 bits per heavy atom. The molecule has 2 heterocycles. The van der Waals surface area contributed by atoms with Crippen LogP contribution < -0.4 is 34.4 Å².